The summed E-state index contributed by atoms with van der Waals surface area (Å²) in [6, 6.07) is 22.1. The molecule has 2 nitrogen and oxygen atoms in total. The second-order valence-corrected chi connectivity index (χ2v) is 8.00. The Kier molecular flexibility index (Phi) is 6.66. The number of hydrogen-bond donors (Lipinski definition) is 0. The fraction of sp³-hybridized carbons (Fsp3) is 0.259. The lowest BCUT2D eigenvalue weighted by Gasteiger charge is -2.27. The van der Waals surface area contributed by atoms with Gasteiger partial charge in [0.25, 0.3) is 0 Å². The number of ether oxygens (including phenoxy) is 1. The van der Waals surface area contributed by atoms with Crippen molar-refractivity contribution in [3.05, 3.63) is 95.6 Å². The molecular weight excluding hydrogens is 411 g/mol. The lowest BCUT2D eigenvalue weighted by molar-refractivity contribution is -0.137. The third kappa shape index (κ3) is 5.22. The van der Waals surface area contributed by atoms with E-state index in [4.69, 9.17) is 4.74 Å². The molecular formula is C27H26F3NO. The Hall–Kier alpha value is -3.05. The van der Waals surface area contributed by atoms with Crippen molar-refractivity contribution in [2.75, 3.05) is 26.7 Å². The zero-order chi connectivity index (χ0) is 22.6. The van der Waals surface area contributed by atoms with Crippen LogP contribution in [-0.4, -0.2) is 31.6 Å². The fourth-order valence-corrected chi connectivity index (χ4v) is 4.13. The lowest BCUT2D eigenvalue weighted by Crippen LogP contribution is -2.30. The van der Waals surface area contributed by atoms with Crippen molar-refractivity contribution >= 4 is 5.57 Å². The Balaban J connectivity index is 1.42. The third-order valence-corrected chi connectivity index (χ3v) is 5.94. The van der Waals surface area contributed by atoms with Gasteiger partial charge in [-0.2, -0.15) is 13.2 Å². The Labute approximate surface area is 187 Å². The molecule has 3 aromatic rings. The highest BCUT2D eigenvalue weighted by atomic mass is 19.4. The molecule has 0 saturated heterocycles. The molecule has 0 spiro atoms. The van der Waals surface area contributed by atoms with E-state index in [-0.39, 0.29) is 0 Å². The van der Waals surface area contributed by atoms with Gasteiger partial charge in [-0.25, -0.2) is 0 Å². The first-order chi connectivity index (χ1) is 15.4. The highest BCUT2D eigenvalue weighted by molar-refractivity contribution is 5.67. The summed E-state index contributed by atoms with van der Waals surface area (Å²) in [4.78, 5) is 2.33. The molecule has 0 amide bonds. The Bertz CT molecular complexity index is 1090. The van der Waals surface area contributed by atoms with Crippen molar-refractivity contribution in [3.8, 4) is 16.9 Å². The molecule has 32 heavy (non-hydrogen) atoms. The molecule has 0 saturated carbocycles. The third-order valence-electron chi connectivity index (χ3n) is 5.94. The minimum Gasteiger partial charge on any atom is -0.496 e. The van der Waals surface area contributed by atoms with Gasteiger partial charge in [0, 0.05) is 19.6 Å². The van der Waals surface area contributed by atoms with Crippen LogP contribution in [0.3, 0.4) is 0 Å². The van der Waals surface area contributed by atoms with E-state index in [1.54, 1.807) is 13.2 Å². The molecule has 0 radical (unpaired) electrons. The van der Waals surface area contributed by atoms with Crippen LogP contribution in [0.25, 0.3) is 16.7 Å². The maximum absolute atomic E-state index is 13.0. The molecule has 0 atom stereocenters. The Morgan fingerprint density at radius 3 is 2.34 bits per heavy atom. The molecule has 0 N–H and O–H groups in total. The number of methoxy groups -OCH3 is 1. The van der Waals surface area contributed by atoms with Gasteiger partial charge in [0.2, 0.25) is 0 Å². The number of rotatable bonds is 6. The van der Waals surface area contributed by atoms with Crippen molar-refractivity contribution in [2.24, 2.45) is 0 Å². The van der Waals surface area contributed by atoms with Gasteiger partial charge in [0.05, 0.1) is 12.7 Å². The van der Waals surface area contributed by atoms with Gasteiger partial charge in [-0.05, 0) is 64.9 Å². The van der Waals surface area contributed by atoms with Crippen molar-refractivity contribution in [1.29, 1.82) is 0 Å². The summed E-state index contributed by atoms with van der Waals surface area (Å²) in [5.41, 5.74) is 4.53. The minimum atomic E-state index is -4.31. The van der Waals surface area contributed by atoms with Crippen LogP contribution in [0.4, 0.5) is 13.2 Å². The topological polar surface area (TPSA) is 12.5 Å². The largest absolute Gasteiger partial charge is 0.496 e. The normalized spacial score (nSPS) is 14.8. The van der Waals surface area contributed by atoms with E-state index in [0.29, 0.717) is 5.56 Å². The summed E-state index contributed by atoms with van der Waals surface area (Å²) in [7, 11) is 1.69. The summed E-state index contributed by atoms with van der Waals surface area (Å²) >= 11 is 0. The van der Waals surface area contributed by atoms with E-state index >= 15 is 0 Å². The van der Waals surface area contributed by atoms with Gasteiger partial charge in [-0.15, -0.1) is 0 Å². The summed E-state index contributed by atoms with van der Waals surface area (Å²) in [6.45, 7) is 2.41. The molecule has 4 rings (SSSR count). The van der Waals surface area contributed by atoms with E-state index in [9.17, 15) is 13.2 Å². The molecule has 0 aliphatic carbocycles. The second-order valence-electron chi connectivity index (χ2n) is 8.00. The molecule has 0 aromatic heterocycles. The Morgan fingerprint density at radius 1 is 0.875 bits per heavy atom. The maximum Gasteiger partial charge on any atom is 0.416 e. The summed E-state index contributed by atoms with van der Waals surface area (Å²) in [5.74, 6) is 0.877. The van der Waals surface area contributed by atoms with Crippen molar-refractivity contribution < 1.29 is 17.9 Å². The SMILES string of the molecule is COc1ccc(-c2ccccc2)cc1CCN1CC=C(c2cccc(C(F)(F)F)c2)CC1. The molecule has 3 aromatic carbocycles. The van der Waals surface area contributed by atoms with Crippen LogP contribution in [0.2, 0.25) is 0 Å². The molecule has 0 unspecified atom stereocenters. The second kappa shape index (κ2) is 9.61. The first-order valence-corrected chi connectivity index (χ1v) is 10.8. The monoisotopic (exact) mass is 437 g/mol. The quantitative estimate of drug-likeness (QED) is 0.425. The van der Waals surface area contributed by atoms with Gasteiger partial charge >= 0.3 is 6.18 Å². The first kappa shape index (κ1) is 22.2. The molecule has 166 valence electrons. The van der Waals surface area contributed by atoms with Crippen LogP contribution in [0.15, 0.2) is 78.9 Å². The van der Waals surface area contributed by atoms with Gasteiger partial charge in [-0.3, -0.25) is 4.90 Å². The van der Waals surface area contributed by atoms with Gasteiger partial charge < -0.3 is 4.74 Å². The number of halogens is 3. The zero-order valence-electron chi connectivity index (χ0n) is 18.0. The summed E-state index contributed by atoms with van der Waals surface area (Å²) in [5, 5.41) is 0. The van der Waals surface area contributed by atoms with Gasteiger partial charge in [-0.1, -0.05) is 54.6 Å². The van der Waals surface area contributed by atoms with Crippen molar-refractivity contribution in [2.45, 2.75) is 19.0 Å². The van der Waals surface area contributed by atoms with Crippen LogP contribution in [0.1, 0.15) is 23.1 Å². The predicted octanol–water partition coefficient (Wildman–Crippen LogP) is 6.71. The van der Waals surface area contributed by atoms with Crippen LogP contribution < -0.4 is 4.74 Å². The Morgan fingerprint density at radius 2 is 1.66 bits per heavy atom. The fourth-order valence-electron chi connectivity index (χ4n) is 4.13. The average molecular weight is 438 g/mol. The summed E-state index contributed by atoms with van der Waals surface area (Å²) < 4.78 is 44.6. The smallest absolute Gasteiger partial charge is 0.416 e. The summed E-state index contributed by atoms with van der Waals surface area (Å²) in [6.07, 6.45) is -0.680. The number of hydrogen-bond acceptors (Lipinski definition) is 2. The predicted molar refractivity (Wildman–Crippen MR) is 123 cm³/mol. The lowest BCUT2D eigenvalue weighted by atomic mass is 9.97. The highest BCUT2D eigenvalue weighted by Crippen LogP contribution is 2.32. The van der Waals surface area contributed by atoms with E-state index in [0.717, 1.165) is 61.0 Å². The number of nitrogens with zero attached hydrogens (tertiary/aromatic N) is 1. The standard InChI is InChI=1S/C27H26F3NO/c1-32-26-11-10-23(20-6-3-2-4-7-20)18-24(26)14-17-31-15-12-21(13-16-31)22-8-5-9-25(19-22)27(28,29)30/h2-12,18-19H,13-17H2,1H3. The average Bonchev–Trinajstić information content (AvgIpc) is 2.83. The molecule has 0 fully saturated rings. The van der Waals surface area contributed by atoms with E-state index < -0.39 is 11.7 Å². The highest BCUT2D eigenvalue weighted by Gasteiger charge is 2.30. The zero-order valence-corrected chi connectivity index (χ0v) is 18.0. The molecule has 1 aliphatic heterocycles. The van der Waals surface area contributed by atoms with Crippen LogP contribution >= 0.6 is 0 Å². The van der Waals surface area contributed by atoms with E-state index in [1.807, 2.05) is 24.3 Å². The van der Waals surface area contributed by atoms with Gasteiger partial charge in [0.1, 0.15) is 5.75 Å². The van der Waals surface area contributed by atoms with Crippen LogP contribution in [-0.2, 0) is 12.6 Å². The minimum absolute atomic E-state index is 0.594. The van der Waals surface area contributed by atoms with Crippen molar-refractivity contribution in [1.82, 2.24) is 4.90 Å². The van der Waals surface area contributed by atoms with Crippen LogP contribution in [0, 0.1) is 0 Å². The van der Waals surface area contributed by atoms with Gasteiger partial charge in [0.15, 0.2) is 0 Å². The first-order valence-electron chi connectivity index (χ1n) is 10.8. The van der Waals surface area contributed by atoms with E-state index in [2.05, 4.69) is 35.2 Å². The number of alkyl halides is 3. The molecule has 0 bridgehead atoms. The molecule has 5 heteroatoms. The maximum atomic E-state index is 13.0. The molecule has 1 heterocycles. The van der Waals surface area contributed by atoms with E-state index in [1.165, 1.54) is 17.7 Å². The van der Waals surface area contributed by atoms with Crippen molar-refractivity contribution in [3.63, 3.8) is 0 Å². The number of benzene rings is 3. The molecule has 1 aliphatic rings. The van der Waals surface area contributed by atoms with Crippen LogP contribution in [0.5, 0.6) is 5.75 Å².